The number of fused-ring (bicyclic) bond motifs is 1. The number of ether oxygens (including phenoxy) is 2. The zero-order valence-corrected chi connectivity index (χ0v) is 24.1. The van der Waals surface area contributed by atoms with Gasteiger partial charge in [0.15, 0.2) is 17.3 Å². The average Bonchev–Trinajstić information content (AvgIpc) is 3.40. The highest BCUT2D eigenvalue weighted by Crippen LogP contribution is 2.56. The van der Waals surface area contributed by atoms with Gasteiger partial charge in [0.1, 0.15) is 6.61 Å². The molecule has 0 saturated carbocycles. The number of H-pyrrole nitrogens is 1. The lowest BCUT2D eigenvalue weighted by Crippen LogP contribution is -2.46. The SMILES string of the molecule is COc1cccc([C@](OS(=O)(=O)c2ccccc2)(c2nc3ccccc3[nH]2)C(Cl)(Cl)Cl)c1OCc1ccccc1. The van der Waals surface area contributed by atoms with E-state index in [0.717, 1.165) is 5.56 Å². The van der Waals surface area contributed by atoms with Crippen LogP contribution >= 0.6 is 34.8 Å². The second-order valence-electron chi connectivity index (χ2n) is 8.74. The largest absolute Gasteiger partial charge is 0.493 e. The van der Waals surface area contributed by atoms with Crippen molar-refractivity contribution in [3.8, 4) is 11.5 Å². The second-order valence-corrected chi connectivity index (χ2v) is 12.6. The molecule has 0 saturated heterocycles. The van der Waals surface area contributed by atoms with Crippen LogP contribution in [0.25, 0.3) is 11.0 Å². The summed E-state index contributed by atoms with van der Waals surface area (Å²) < 4.78 is 43.0. The number of hydrogen-bond donors (Lipinski definition) is 1. The van der Waals surface area contributed by atoms with Crippen LogP contribution in [0.4, 0.5) is 0 Å². The number of alkyl halides is 3. The molecule has 0 aliphatic carbocycles. The lowest BCUT2D eigenvalue weighted by atomic mass is 9.93. The van der Waals surface area contributed by atoms with Gasteiger partial charge in [0, 0.05) is 5.56 Å². The van der Waals surface area contributed by atoms with Crippen molar-refractivity contribution in [1.82, 2.24) is 9.97 Å². The summed E-state index contributed by atoms with van der Waals surface area (Å²) in [5.41, 5.74) is -0.356. The average molecular weight is 618 g/mol. The second kappa shape index (κ2) is 11.3. The van der Waals surface area contributed by atoms with E-state index in [1.807, 2.05) is 30.3 Å². The van der Waals surface area contributed by atoms with Gasteiger partial charge in [0.25, 0.3) is 10.1 Å². The van der Waals surface area contributed by atoms with Gasteiger partial charge in [-0.05, 0) is 35.9 Å². The van der Waals surface area contributed by atoms with E-state index in [9.17, 15) is 8.42 Å². The number of nitrogens with zero attached hydrogens (tertiary/aromatic N) is 1. The zero-order chi connectivity index (χ0) is 28.4. The summed E-state index contributed by atoms with van der Waals surface area (Å²) in [6.07, 6.45) is 0. The molecular weight excluding hydrogens is 595 g/mol. The summed E-state index contributed by atoms with van der Waals surface area (Å²) in [6, 6.07) is 28.9. The van der Waals surface area contributed by atoms with E-state index in [0.29, 0.717) is 11.0 Å². The van der Waals surface area contributed by atoms with E-state index in [2.05, 4.69) is 9.97 Å². The Morgan fingerprint density at radius 2 is 1.48 bits per heavy atom. The standard InChI is InChI=1S/C29H23Cl3N2O5S/c1-37-25-18-10-15-22(26(25)38-19-20-11-4-2-5-12-20)28(29(30,31)32,27-33-23-16-8-9-17-24(23)34-27)39-40(35,36)21-13-6-3-7-14-21/h2-18H,19H2,1H3,(H,33,34)/t28-/m0/s1. The summed E-state index contributed by atoms with van der Waals surface area (Å²) in [7, 11) is -3.10. The molecule has 0 fully saturated rings. The summed E-state index contributed by atoms with van der Waals surface area (Å²) in [4.78, 5) is 7.59. The van der Waals surface area contributed by atoms with Gasteiger partial charge in [-0.15, -0.1) is 0 Å². The Bertz CT molecular complexity index is 1690. The van der Waals surface area contributed by atoms with Gasteiger partial charge in [-0.25, -0.2) is 9.17 Å². The third kappa shape index (κ3) is 5.38. The lowest BCUT2D eigenvalue weighted by molar-refractivity contribution is 0.108. The Hall–Kier alpha value is -3.27. The van der Waals surface area contributed by atoms with Crippen molar-refractivity contribution >= 4 is 56.0 Å². The van der Waals surface area contributed by atoms with Crippen LogP contribution in [0.5, 0.6) is 11.5 Å². The maximum atomic E-state index is 13.8. The minimum Gasteiger partial charge on any atom is -0.493 e. The molecule has 0 radical (unpaired) electrons. The van der Waals surface area contributed by atoms with Crippen LogP contribution in [-0.4, -0.2) is 29.3 Å². The first-order valence-corrected chi connectivity index (χ1v) is 14.6. The van der Waals surface area contributed by atoms with Crippen LogP contribution in [0.2, 0.25) is 0 Å². The van der Waals surface area contributed by atoms with E-state index in [1.54, 1.807) is 60.7 Å². The Labute approximate surface area is 246 Å². The molecule has 1 heterocycles. The first-order valence-electron chi connectivity index (χ1n) is 12.0. The van der Waals surface area contributed by atoms with E-state index < -0.39 is 19.5 Å². The third-order valence-electron chi connectivity index (χ3n) is 6.19. The number of nitrogens with one attached hydrogen (secondary N) is 1. The molecule has 0 amide bonds. The minimum absolute atomic E-state index is 0.0639. The first-order chi connectivity index (χ1) is 19.2. The normalized spacial score (nSPS) is 13.6. The van der Waals surface area contributed by atoms with Crippen LogP contribution in [0, 0.1) is 0 Å². The molecule has 0 aliphatic rings. The lowest BCUT2D eigenvalue weighted by Gasteiger charge is -2.38. The Morgan fingerprint density at radius 1 is 0.825 bits per heavy atom. The summed E-state index contributed by atoms with van der Waals surface area (Å²) in [6.45, 7) is 0.107. The maximum absolute atomic E-state index is 13.8. The molecule has 0 unspecified atom stereocenters. The van der Waals surface area contributed by atoms with Crippen molar-refractivity contribution < 1.29 is 22.1 Å². The number of benzene rings is 4. The molecule has 0 spiro atoms. The molecule has 1 N–H and O–H groups in total. The van der Waals surface area contributed by atoms with Crippen molar-refractivity contribution in [1.29, 1.82) is 0 Å². The van der Waals surface area contributed by atoms with Crippen molar-refractivity contribution in [3.63, 3.8) is 0 Å². The molecule has 5 aromatic rings. The molecule has 4 aromatic carbocycles. The fourth-order valence-corrected chi connectivity index (χ4v) is 6.33. The van der Waals surface area contributed by atoms with E-state index in [1.165, 1.54) is 19.2 Å². The van der Waals surface area contributed by atoms with Crippen LogP contribution in [0.1, 0.15) is 17.0 Å². The molecule has 206 valence electrons. The Morgan fingerprint density at radius 3 is 2.12 bits per heavy atom. The quantitative estimate of drug-likeness (QED) is 0.139. The highest BCUT2D eigenvalue weighted by atomic mass is 35.6. The highest BCUT2D eigenvalue weighted by molar-refractivity contribution is 7.86. The molecule has 1 aromatic heterocycles. The van der Waals surface area contributed by atoms with Gasteiger partial charge in [0.05, 0.1) is 23.0 Å². The van der Waals surface area contributed by atoms with Gasteiger partial charge in [-0.1, -0.05) is 108 Å². The zero-order valence-electron chi connectivity index (χ0n) is 21.1. The van der Waals surface area contributed by atoms with Crippen molar-refractivity contribution in [2.24, 2.45) is 0 Å². The predicted molar refractivity (Wildman–Crippen MR) is 156 cm³/mol. The number of aromatic nitrogens is 2. The van der Waals surface area contributed by atoms with E-state index >= 15 is 0 Å². The van der Waals surface area contributed by atoms with Gasteiger partial charge in [0.2, 0.25) is 9.39 Å². The number of imidazole rings is 1. The fraction of sp³-hybridized carbons (Fsp3) is 0.138. The van der Waals surface area contributed by atoms with Crippen molar-refractivity contribution in [2.75, 3.05) is 7.11 Å². The number of hydrogen-bond acceptors (Lipinski definition) is 6. The molecule has 11 heteroatoms. The third-order valence-corrected chi connectivity index (χ3v) is 8.31. The first kappa shape index (κ1) is 28.3. The number of aromatic amines is 1. The monoisotopic (exact) mass is 616 g/mol. The number of methoxy groups -OCH3 is 1. The number of halogens is 3. The molecule has 5 rings (SSSR count). The van der Waals surface area contributed by atoms with Gasteiger partial charge in [-0.2, -0.15) is 8.42 Å². The van der Waals surface area contributed by atoms with Crippen LogP contribution in [0.15, 0.2) is 108 Å². The molecule has 0 aliphatic heterocycles. The molecule has 1 atom stereocenters. The minimum atomic E-state index is -4.55. The summed E-state index contributed by atoms with van der Waals surface area (Å²) >= 11 is 20.1. The summed E-state index contributed by atoms with van der Waals surface area (Å²) in [5, 5.41) is 0. The molecule has 0 bridgehead atoms. The van der Waals surface area contributed by atoms with Crippen LogP contribution < -0.4 is 9.47 Å². The van der Waals surface area contributed by atoms with Gasteiger partial charge < -0.3 is 14.5 Å². The number of rotatable bonds is 9. The van der Waals surface area contributed by atoms with Crippen LogP contribution in [0.3, 0.4) is 0 Å². The highest BCUT2D eigenvalue weighted by Gasteiger charge is 2.60. The van der Waals surface area contributed by atoms with E-state index in [4.69, 9.17) is 48.5 Å². The predicted octanol–water partition coefficient (Wildman–Crippen LogP) is 7.17. The van der Waals surface area contributed by atoms with Crippen LogP contribution in [-0.2, 0) is 26.5 Å². The van der Waals surface area contributed by atoms with Gasteiger partial charge in [-0.3, -0.25) is 0 Å². The molecule has 7 nitrogen and oxygen atoms in total. The smallest absolute Gasteiger partial charge is 0.298 e. The summed E-state index contributed by atoms with van der Waals surface area (Å²) in [5.74, 6) is 0.318. The Balaban J connectivity index is 1.79. The maximum Gasteiger partial charge on any atom is 0.298 e. The number of para-hydroxylation sites is 3. The van der Waals surface area contributed by atoms with Crippen molar-refractivity contribution in [3.05, 3.63) is 120 Å². The molecular formula is C29H23Cl3N2O5S. The van der Waals surface area contributed by atoms with E-state index in [-0.39, 0.29) is 34.4 Å². The fourth-order valence-electron chi connectivity index (χ4n) is 4.30. The van der Waals surface area contributed by atoms with Crippen molar-refractivity contribution in [2.45, 2.75) is 20.9 Å². The topological polar surface area (TPSA) is 90.5 Å². The molecule has 40 heavy (non-hydrogen) atoms. The Kier molecular flexibility index (Phi) is 7.99. The van der Waals surface area contributed by atoms with Gasteiger partial charge >= 0.3 is 0 Å².